The number of benzene rings is 1. The molecular weight excluding hydrogens is 206 g/mol. The molecule has 0 saturated heterocycles. The van der Waals surface area contributed by atoms with Crippen molar-refractivity contribution < 1.29 is 14.2 Å². The monoisotopic (exact) mass is 221 g/mol. The Morgan fingerprint density at radius 3 is 2.12 bits per heavy atom. The Balaban J connectivity index is 3.23. The molecule has 0 saturated carbocycles. The van der Waals surface area contributed by atoms with Gasteiger partial charge in [0, 0.05) is 18.2 Å². The van der Waals surface area contributed by atoms with Gasteiger partial charge in [0.05, 0.1) is 33.3 Å². The molecule has 0 atom stereocenters. The smallest absolute Gasteiger partial charge is 0.166 e. The predicted octanol–water partition coefficient (Wildman–Crippen LogP) is 1.92. The number of hydrogen-bond acceptors (Lipinski definition) is 4. The topological polar surface area (TPSA) is 51.5 Å². The van der Waals surface area contributed by atoms with Gasteiger partial charge in [-0.3, -0.25) is 0 Å². The van der Waals surface area contributed by atoms with Crippen LogP contribution in [0.5, 0.6) is 11.5 Å². The minimum absolute atomic E-state index is 0.298. The minimum atomic E-state index is 0.298. The van der Waals surface area contributed by atoms with E-state index in [1.54, 1.807) is 21.3 Å². The van der Waals surface area contributed by atoms with E-state index in [-0.39, 0.29) is 0 Å². The van der Waals surface area contributed by atoms with E-state index in [0.29, 0.717) is 24.5 Å². The number of methoxy groups -OCH3 is 3. The number of nitriles is 1. The summed E-state index contributed by atoms with van der Waals surface area (Å²) in [7, 11) is 4.76. The van der Waals surface area contributed by atoms with Crippen LogP contribution in [0.25, 0.3) is 0 Å². The fourth-order valence-corrected chi connectivity index (χ4v) is 1.59. The molecule has 0 heterocycles. The number of ether oxygens (including phenoxy) is 3. The van der Waals surface area contributed by atoms with Crippen LogP contribution < -0.4 is 9.47 Å². The van der Waals surface area contributed by atoms with Crippen LogP contribution >= 0.6 is 0 Å². The van der Waals surface area contributed by atoms with Gasteiger partial charge in [0.2, 0.25) is 0 Å². The summed E-state index contributed by atoms with van der Waals surface area (Å²) in [5.74, 6) is 1.25. The van der Waals surface area contributed by atoms with Crippen LogP contribution in [-0.2, 0) is 17.8 Å². The third-order valence-electron chi connectivity index (χ3n) is 2.25. The van der Waals surface area contributed by atoms with Gasteiger partial charge in [0.15, 0.2) is 11.5 Å². The van der Waals surface area contributed by atoms with E-state index in [1.165, 1.54) is 0 Å². The van der Waals surface area contributed by atoms with Crippen LogP contribution in [0.15, 0.2) is 12.1 Å². The summed E-state index contributed by atoms with van der Waals surface area (Å²) < 4.78 is 15.6. The lowest BCUT2D eigenvalue weighted by atomic mass is 10.1. The molecule has 1 aromatic rings. The molecule has 0 aliphatic carbocycles. The van der Waals surface area contributed by atoms with Crippen molar-refractivity contribution in [3.8, 4) is 17.6 Å². The molecular formula is C12H15NO3. The van der Waals surface area contributed by atoms with Crippen molar-refractivity contribution in [2.75, 3.05) is 21.3 Å². The van der Waals surface area contributed by atoms with E-state index in [0.717, 1.165) is 11.1 Å². The van der Waals surface area contributed by atoms with Gasteiger partial charge < -0.3 is 14.2 Å². The Bertz CT molecular complexity index is 396. The minimum Gasteiger partial charge on any atom is -0.493 e. The molecule has 0 amide bonds. The van der Waals surface area contributed by atoms with E-state index in [9.17, 15) is 0 Å². The molecule has 0 radical (unpaired) electrons. The van der Waals surface area contributed by atoms with Crippen LogP contribution in [-0.4, -0.2) is 21.3 Å². The predicted molar refractivity (Wildman–Crippen MR) is 59.6 cm³/mol. The van der Waals surface area contributed by atoms with Crippen molar-refractivity contribution in [2.45, 2.75) is 13.0 Å². The lowest BCUT2D eigenvalue weighted by molar-refractivity contribution is 0.181. The average Bonchev–Trinajstić information content (AvgIpc) is 2.31. The molecule has 0 unspecified atom stereocenters. The van der Waals surface area contributed by atoms with Crippen molar-refractivity contribution in [1.29, 1.82) is 5.26 Å². The van der Waals surface area contributed by atoms with Crippen LogP contribution in [0.3, 0.4) is 0 Å². The summed E-state index contributed by atoms with van der Waals surface area (Å²) in [5, 5.41) is 8.70. The third-order valence-corrected chi connectivity index (χ3v) is 2.25. The second-order valence-corrected chi connectivity index (χ2v) is 3.22. The molecule has 16 heavy (non-hydrogen) atoms. The number of rotatable bonds is 5. The maximum atomic E-state index is 8.70. The zero-order valence-electron chi connectivity index (χ0n) is 9.74. The highest BCUT2D eigenvalue weighted by atomic mass is 16.5. The molecule has 0 N–H and O–H groups in total. The summed E-state index contributed by atoms with van der Waals surface area (Å²) in [6, 6.07) is 5.84. The van der Waals surface area contributed by atoms with Gasteiger partial charge in [0.1, 0.15) is 0 Å². The third kappa shape index (κ3) is 2.44. The van der Waals surface area contributed by atoms with Gasteiger partial charge in [-0.25, -0.2) is 0 Å². The SMILES string of the molecule is COCc1ccc(CC#N)c(OC)c1OC. The molecule has 1 rings (SSSR count). The first-order chi connectivity index (χ1) is 7.78. The highest BCUT2D eigenvalue weighted by Crippen LogP contribution is 2.35. The summed E-state index contributed by atoms with van der Waals surface area (Å²) >= 11 is 0. The Labute approximate surface area is 95.4 Å². The molecule has 0 spiro atoms. The largest absolute Gasteiger partial charge is 0.493 e. The second kappa shape index (κ2) is 5.99. The molecule has 0 aliphatic rings. The van der Waals surface area contributed by atoms with Crippen molar-refractivity contribution in [3.63, 3.8) is 0 Å². The first kappa shape index (κ1) is 12.3. The van der Waals surface area contributed by atoms with Crippen molar-refractivity contribution in [3.05, 3.63) is 23.3 Å². The first-order valence-electron chi connectivity index (χ1n) is 4.87. The van der Waals surface area contributed by atoms with Crippen LogP contribution in [0.1, 0.15) is 11.1 Å². The lowest BCUT2D eigenvalue weighted by Crippen LogP contribution is -2.00. The maximum Gasteiger partial charge on any atom is 0.166 e. The Morgan fingerprint density at radius 2 is 1.62 bits per heavy atom. The van der Waals surface area contributed by atoms with Crippen molar-refractivity contribution >= 4 is 0 Å². The van der Waals surface area contributed by atoms with E-state index in [2.05, 4.69) is 6.07 Å². The van der Waals surface area contributed by atoms with Crippen LogP contribution in [0.4, 0.5) is 0 Å². The highest BCUT2D eigenvalue weighted by molar-refractivity contribution is 5.52. The summed E-state index contributed by atoms with van der Waals surface area (Å²) in [6.07, 6.45) is 0.298. The van der Waals surface area contributed by atoms with E-state index in [1.807, 2.05) is 12.1 Å². The summed E-state index contributed by atoms with van der Waals surface area (Å²) in [4.78, 5) is 0. The van der Waals surface area contributed by atoms with Crippen molar-refractivity contribution in [2.24, 2.45) is 0 Å². The van der Waals surface area contributed by atoms with Crippen molar-refractivity contribution in [1.82, 2.24) is 0 Å². The normalized spacial score (nSPS) is 9.62. The van der Waals surface area contributed by atoms with Gasteiger partial charge in [-0.05, 0) is 0 Å². The average molecular weight is 221 g/mol. The summed E-state index contributed by atoms with van der Waals surface area (Å²) in [5.41, 5.74) is 1.73. The van der Waals surface area contributed by atoms with E-state index < -0.39 is 0 Å². The fourth-order valence-electron chi connectivity index (χ4n) is 1.59. The lowest BCUT2D eigenvalue weighted by Gasteiger charge is -2.14. The fraction of sp³-hybridized carbons (Fsp3) is 0.417. The van der Waals surface area contributed by atoms with Gasteiger partial charge in [-0.2, -0.15) is 5.26 Å². The standard InChI is InChI=1S/C12H15NO3/c1-14-8-10-5-4-9(6-7-13)11(15-2)12(10)16-3/h4-5H,6,8H2,1-3H3. The van der Waals surface area contributed by atoms with E-state index in [4.69, 9.17) is 19.5 Å². The first-order valence-corrected chi connectivity index (χ1v) is 4.87. The Kier molecular flexibility index (Phi) is 4.62. The quantitative estimate of drug-likeness (QED) is 0.762. The number of hydrogen-bond donors (Lipinski definition) is 0. The summed E-state index contributed by atoms with van der Waals surface area (Å²) in [6.45, 7) is 0.451. The zero-order chi connectivity index (χ0) is 12.0. The molecule has 86 valence electrons. The molecule has 0 aromatic heterocycles. The van der Waals surface area contributed by atoms with Gasteiger partial charge >= 0.3 is 0 Å². The van der Waals surface area contributed by atoms with E-state index >= 15 is 0 Å². The van der Waals surface area contributed by atoms with Gasteiger partial charge in [-0.15, -0.1) is 0 Å². The Hall–Kier alpha value is -1.73. The van der Waals surface area contributed by atoms with Crippen LogP contribution in [0.2, 0.25) is 0 Å². The highest BCUT2D eigenvalue weighted by Gasteiger charge is 2.14. The molecule has 4 heteroatoms. The Morgan fingerprint density at radius 1 is 1.06 bits per heavy atom. The zero-order valence-corrected chi connectivity index (χ0v) is 9.74. The molecule has 0 aliphatic heterocycles. The molecule has 1 aromatic carbocycles. The second-order valence-electron chi connectivity index (χ2n) is 3.22. The van der Waals surface area contributed by atoms with Gasteiger partial charge in [-0.1, -0.05) is 12.1 Å². The van der Waals surface area contributed by atoms with Crippen LogP contribution in [0, 0.1) is 11.3 Å². The molecule has 0 fully saturated rings. The molecule has 4 nitrogen and oxygen atoms in total. The van der Waals surface area contributed by atoms with Gasteiger partial charge in [0.25, 0.3) is 0 Å². The maximum absolute atomic E-state index is 8.70. The number of nitrogens with zero attached hydrogens (tertiary/aromatic N) is 1. The molecule has 0 bridgehead atoms.